The number of carbonyl (C=O) groups excluding carboxylic acids is 1. The van der Waals surface area contributed by atoms with Crippen LogP contribution in [-0.4, -0.2) is 39.8 Å². The monoisotopic (exact) mass is 451 g/mol. The molecule has 2 aromatic carbocycles. The molecule has 2 heterocycles. The van der Waals surface area contributed by atoms with Gasteiger partial charge < -0.3 is 9.84 Å². The molecule has 3 aromatic rings. The summed E-state index contributed by atoms with van der Waals surface area (Å²) in [7, 11) is 1.57. The Kier molecular flexibility index (Phi) is 6.10. The Morgan fingerprint density at radius 2 is 1.97 bits per heavy atom. The summed E-state index contributed by atoms with van der Waals surface area (Å²) < 4.78 is 5.38. The van der Waals surface area contributed by atoms with Crippen LogP contribution in [0.4, 0.5) is 0 Å². The van der Waals surface area contributed by atoms with Crippen molar-refractivity contribution in [1.82, 2.24) is 9.99 Å². The Labute approximate surface area is 190 Å². The zero-order valence-electron chi connectivity index (χ0n) is 17.7. The Morgan fingerprint density at radius 1 is 1.19 bits per heavy atom. The first-order valence-electron chi connectivity index (χ1n) is 10.2. The number of carbonyl (C=O) groups is 2. The van der Waals surface area contributed by atoms with Crippen LogP contribution in [0.25, 0.3) is 10.9 Å². The molecule has 1 aliphatic heterocycles. The van der Waals surface area contributed by atoms with Gasteiger partial charge in [-0.15, -0.1) is 0 Å². The fourth-order valence-corrected chi connectivity index (χ4v) is 4.14. The second-order valence-electron chi connectivity index (χ2n) is 7.67. The van der Waals surface area contributed by atoms with Gasteiger partial charge in [-0.1, -0.05) is 53.6 Å². The van der Waals surface area contributed by atoms with Crippen molar-refractivity contribution in [2.24, 2.45) is 5.10 Å². The lowest BCUT2D eigenvalue weighted by Crippen LogP contribution is -2.27. The standard InChI is InChI=1S/C24H22ClN3O4/c1-14-5-3-6-15(11-14)18-13-19(28(27-18)21(29)9-10-22(30)31)17-12-16-7-4-8-20(32-2)23(16)26-24(17)25/h3-8,11-12,19H,9-10,13H2,1-2H3,(H,30,31)/t19-/m1/s1. The smallest absolute Gasteiger partial charge is 0.303 e. The molecule has 0 saturated heterocycles. The van der Waals surface area contributed by atoms with Gasteiger partial charge in [0.1, 0.15) is 16.4 Å². The maximum absolute atomic E-state index is 12.9. The van der Waals surface area contributed by atoms with Gasteiger partial charge in [0.25, 0.3) is 0 Å². The van der Waals surface area contributed by atoms with E-state index < -0.39 is 12.0 Å². The largest absolute Gasteiger partial charge is 0.494 e. The molecule has 0 radical (unpaired) electrons. The van der Waals surface area contributed by atoms with Crippen LogP contribution >= 0.6 is 11.6 Å². The lowest BCUT2D eigenvalue weighted by Gasteiger charge is -2.23. The molecule has 0 bridgehead atoms. The van der Waals surface area contributed by atoms with Crippen molar-refractivity contribution >= 4 is 40.1 Å². The number of aryl methyl sites for hydroxylation is 1. The number of carboxylic acids is 1. The molecular formula is C24H22ClN3O4. The molecule has 0 fully saturated rings. The van der Waals surface area contributed by atoms with Crippen molar-refractivity contribution in [3.63, 3.8) is 0 Å². The number of ether oxygens (including phenoxy) is 1. The van der Waals surface area contributed by atoms with Gasteiger partial charge in [-0.25, -0.2) is 9.99 Å². The number of hydrogen-bond acceptors (Lipinski definition) is 5. The average Bonchev–Trinajstić information content (AvgIpc) is 3.22. The third kappa shape index (κ3) is 4.29. The topological polar surface area (TPSA) is 92.1 Å². The van der Waals surface area contributed by atoms with Crippen molar-refractivity contribution in [2.45, 2.75) is 32.2 Å². The number of aromatic nitrogens is 1. The molecule has 4 rings (SSSR count). The van der Waals surface area contributed by atoms with Crippen LogP contribution in [-0.2, 0) is 9.59 Å². The van der Waals surface area contributed by atoms with Gasteiger partial charge in [0, 0.05) is 23.8 Å². The second-order valence-corrected chi connectivity index (χ2v) is 8.03. The third-order valence-corrected chi connectivity index (χ3v) is 5.74. The van der Waals surface area contributed by atoms with Crippen LogP contribution in [0.3, 0.4) is 0 Å². The molecule has 1 amide bonds. The van der Waals surface area contributed by atoms with Crippen molar-refractivity contribution in [3.05, 3.63) is 70.4 Å². The zero-order valence-corrected chi connectivity index (χ0v) is 18.5. The van der Waals surface area contributed by atoms with E-state index >= 15 is 0 Å². The van der Waals surface area contributed by atoms with Crippen molar-refractivity contribution in [2.75, 3.05) is 7.11 Å². The molecule has 0 aliphatic carbocycles. The Bertz CT molecular complexity index is 1240. The normalized spacial score (nSPS) is 15.7. The van der Waals surface area contributed by atoms with Crippen LogP contribution in [0.2, 0.25) is 5.15 Å². The molecule has 1 atom stereocenters. The summed E-state index contributed by atoms with van der Waals surface area (Å²) in [6.45, 7) is 1.99. The molecule has 0 unspecified atom stereocenters. The first kappa shape index (κ1) is 21.8. The van der Waals surface area contributed by atoms with E-state index in [1.807, 2.05) is 55.5 Å². The highest BCUT2D eigenvalue weighted by Gasteiger charge is 2.35. The Balaban J connectivity index is 1.76. The number of hydrazone groups is 1. The molecule has 1 N–H and O–H groups in total. The number of carboxylic acid groups (broad SMARTS) is 1. The minimum atomic E-state index is -1.03. The maximum atomic E-state index is 12.9. The van der Waals surface area contributed by atoms with E-state index in [2.05, 4.69) is 10.1 Å². The minimum absolute atomic E-state index is 0.150. The number of fused-ring (bicyclic) bond motifs is 1. The van der Waals surface area contributed by atoms with E-state index in [0.29, 0.717) is 23.3 Å². The first-order valence-corrected chi connectivity index (χ1v) is 10.6. The van der Waals surface area contributed by atoms with Crippen LogP contribution in [0, 0.1) is 6.92 Å². The van der Waals surface area contributed by atoms with Crippen molar-refractivity contribution in [3.8, 4) is 5.75 Å². The summed E-state index contributed by atoms with van der Waals surface area (Å²) in [6, 6.07) is 14.9. The average molecular weight is 452 g/mol. The van der Waals surface area contributed by atoms with Gasteiger partial charge in [-0.05, 0) is 24.6 Å². The molecule has 164 valence electrons. The number of nitrogens with zero attached hydrogens (tertiary/aromatic N) is 3. The van der Waals surface area contributed by atoms with E-state index in [0.717, 1.165) is 22.2 Å². The molecule has 7 nitrogen and oxygen atoms in total. The number of rotatable bonds is 6. The molecule has 8 heteroatoms. The van der Waals surface area contributed by atoms with Crippen LogP contribution < -0.4 is 4.74 Å². The van der Waals surface area contributed by atoms with E-state index in [-0.39, 0.29) is 23.9 Å². The van der Waals surface area contributed by atoms with Crippen molar-refractivity contribution in [1.29, 1.82) is 0 Å². The fraction of sp³-hybridized carbons (Fsp3) is 0.250. The third-order valence-electron chi connectivity index (χ3n) is 5.44. The van der Waals surface area contributed by atoms with Gasteiger partial charge in [-0.3, -0.25) is 9.59 Å². The van der Waals surface area contributed by atoms with Crippen LogP contribution in [0.15, 0.2) is 53.6 Å². The van der Waals surface area contributed by atoms with E-state index in [9.17, 15) is 9.59 Å². The number of hydrogen-bond donors (Lipinski definition) is 1. The predicted molar refractivity (Wildman–Crippen MR) is 122 cm³/mol. The summed E-state index contributed by atoms with van der Waals surface area (Å²) in [6.07, 6.45) is 0.0281. The van der Waals surface area contributed by atoms with Crippen LogP contribution in [0.5, 0.6) is 5.75 Å². The zero-order chi connectivity index (χ0) is 22.8. The number of pyridine rings is 1. The quantitative estimate of drug-likeness (QED) is 0.546. The summed E-state index contributed by atoms with van der Waals surface area (Å²) in [5, 5.41) is 16.0. The van der Waals surface area contributed by atoms with E-state index in [1.165, 1.54) is 5.01 Å². The SMILES string of the molecule is COc1cccc2cc([C@H]3CC(c4cccc(C)c4)=NN3C(=O)CCC(=O)O)c(Cl)nc12. The van der Waals surface area contributed by atoms with Gasteiger partial charge in [-0.2, -0.15) is 5.10 Å². The molecular weight excluding hydrogens is 430 g/mol. The number of para-hydroxylation sites is 1. The minimum Gasteiger partial charge on any atom is -0.494 e. The predicted octanol–water partition coefficient (Wildman–Crippen LogP) is 4.75. The summed E-state index contributed by atoms with van der Waals surface area (Å²) in [5.74, 6) is -0.801. The number of halogens is 1. The summed E-state index contributed by atoms with van der Waals surface area (Å²) in [4.78, 5) is 28.5. The molecule has 1 aliphatic rings. The molecule has 1 aromatic heterocycles. The highest BCUT2D eigenvalue weighted by Crippen LogP contribution is 2.38. The van der Waals surface area contributed by atoms with E-state index in [1.54, 1.807) is 7.11 Å². The Morgan fingerprint density at radius 3 is 2.69 bits per heavy atom. The van der Waals surface area contributed by atoms with E-state index in [4.69, 9.17) is 21.4 Å². The Hall–Kier alpha value is -3.45. The molecule has 0 spiro atoms. The fourth-order valence-electron chi connectivity index (χ4n) is 3.87. The highest BCUT2D eigenvalue weighted by atomic mass is 35.5. The van der Waals surface area contributed by atoms with Gasteiger partial charge in [0.15, 0.2) is 0 Å². The number of amides is 1. The number of aliphatic carboxylic acids is 1. The molecule has 0 saturated carbocycles. The number of benzene rings is 2. The first-order chi connectivity index (χ1) is 15.4. The molecule has 32 heavy (non-hydrogen) atoms. The second kappa shape index (κ2) is 8.96. The van der Waals surface area contributed by atoms with Gasteiger partial charge in [0.2, 0.25) is 5.91 Å². The lowest BCUT2D eigenvalue weighted by atomic mass is 9.97. The van der Waals surface area contributed by atoms with Crippen LogP contribution in [0.1, 0.15) is 42.0 Å². The van der Waals surface area contributed by atoms with Gasteiger partial charge in [0.05, 0.1) is 25.3 Å². The highest BCUT2D eigenvalue weighted by molar-refractivity contribution is 6.30. The lowest BCUT2D eigenvalue weighted by molar-refractivity contribution is -0.141. The van der Waals surface area contributed by atoms with Crippen molar-refractivity contribution < 1.29 is 19.4 Å². The summed E-state index contributed by atoms with van der Waals surface area (Å²) >= 11 is 6.58. The van der Waals surface area contributed by atoms with Gasteiger partial charge >= 0.3 is 5.97 Å². The summed E-state index contributed by atoms with van der Waals surface area (Å²) in [5.41, 5.74) is 4.02. The maximum Gasteiger partial charge on any atom is 0.303 e. The number of methoxy groups -OCH3 is 1.